The molecule has 1 saturated heterocycles. The normalized spacial score (nSPS) is 15.1. The van der Waals surface area contributed by atoms with Crippen molar-refractivity contribution in [3.63, 3.8) is 0 Å². The zero-order valence-electron chi connectivity index (χ0n) is 17.4. The van der Waals surface area contributed by atoms with E-state index in [2.05, 4.69) is 5.32 Å². The van der Waals surface area contributed by atoms with Crippen LogP contribution >= 0.6 is 23.4 Å². The number of halogens is 1. The lowest BCUT2D eigenvalue weighted by Crippen LogP contribution is -2.45. The highest BCUT2D eigenvalue weighted by Crippen LogP contribution is 2.35. The molecule has 3 aromatic rings. The van der Waals surface area contributed by atoms with E-state index in [-0.39, 0.29) is 19.1 Å². The van der Waals surface area contributed by atoms with Crippen molar-refractivity contribution < 1.29 is 14.3 Å². The van der Waals surface area contributed by atoms with Gasteiger partial charge < -0.3 is 10.1 Å². The maximum atomic E-state index is 13.5. The Kier molecular flexibility index (Phi) is 7.15. The second kappa shape index (κ2) is 10.2. The van der Waals surface area contributed by atoms with Crippen LogP contribution in [0.2, 0.25) is 5.02 Å². The molecular formula is C25H23ClN2O3S. The number of nitrogens with one attached hydrogen (secondary N) is 1. The van der Waals surface area contributed by atoms with Crippen LogP contribution in [0.5, 0.6) is 0 Å². The highest BCUT2D eigenvalue weighted by molar-refractivity contribution is 7.99. The number of benzene rings is 3. The van der Waals surface area contributed by atoms with Gasteiger partial charge in [-0.1, -0.05) is 72.3 Å². The van der Waals surface area contributed by atoms with Crippen LogP contribution in [-0.2, 0) is 15.1 Å². The molecule has 3 amide bonds. The molecule has 0 aromatic heterocycles. The molecule has 1 aliphatic heterocycles. The quantitative estimate of drug-likeness (QED) is 0.275. The molecule has 0 aliphatic carbocycles. The van der Waals surface area contributed by atoms with E-state index >= 15 is 0 Å². The number of urea groups is 1. The maximum absolute atomic E-state index is 13.5. The molecule has 1 N–H and O–H groups in total. The van der Waals surface area contributed by atoms with Gasteiger partial charge in [-0.15, -0.1) is 11.8 Å². The van der Waals surface area contributed by atoms with Gasteiger partial charge in [0.2, 0.25) is 0 Å². The van der Waals surface area contributed by atoms with Gasteiger partial charge in [-0.25, -0.2) is 4.79 Å². The summed E-state index contributed by atoms with van der Waals surface area (Å²) >= 11 is 7.56. The highest BCUT2D eigenvalue weighted by atomic mass is 35.5. The molecule has 0 unspecified atom stereocenters. The first kappa shape index (κ1) is 22.4. The molecule has 0 spiro atoms. The van der Waals surface area contributed by atoms with Gasteiger partial charge in [-0.05, 0) is 35.4 Å². The van der Waals surface area contributed by atoms with E-state index < -0.39 is 11.6 Å². The molecule has 7 heteroatoms. The summed E-state index contributed by atoms with van der Waals surface area (Å²) in [5.41, 5.74) is 0.226. The van der Waals surface area contributed by atoms with Crippen molar-refractivity contribution in [1.29, 1.82) is 0 Å². The van der Waals surface area contributed by atoms with Crippen LogP contribution in [0.1, 0.15) is 11.1 Å². The van der Waals surface area contributed by atoms with E-state index in [1.165, 1.54) is 4.90 Å². The Morgan fingerprint density at radius 2 is 1.44 bits per heavy atom. The van der Waals surface area contributed by atoms with E-state index in [4.69, 9.17) is 16.3 Å². The molecular weight excluding hydrogens is 444 g/mol. The van der Waals surface area contributed by atoms with Gasteiger partial charge >= 0.3 is 6.03 Å². The van der Waals surface area contributed by atoms with E-state index in [1.807, 2.05) is 84.9 Å². The molecule has 4 rings (SSSR count). The fourth-order valence-electron chi connectivity index (χ4n) is 3.72. The summed E-state index contributed by atoms with van der Waals surface area (Å²) in [5, 5.41) is 3.65. The molecule has 5 nitrogen and oxygen atoms in total. The Labute approximate surface area is 196 Å². The predicted molar refractivity (Wildman–Crippen MR) is 127 cm³/mol. The van der Waals surface area contributed by atoms with Crippen molar-refractivity contribution in [2.75, 3.05) is 25.5 Å². The summed E-state index contributed by atoms with van der Waals surface area (Å²) in [6.07, 6.45) is 0. The smallest absolute Gasteiger partial charge is 0.325 e. The third kappa shape index (κ3) is 4.67. The van der Waals surface area contributed by atoms with Crippen molar-refractivity contribution in [1.82, 2.24) is 10.2 Å². The zero-order chi connectivity index (χ0) is 22.4. The van der Waals surface area contributed by atoms with Gasteiger partial charge in [-0.3, -0.25) is 9.69 Å². The number of rotatable bonds is 9. The molecule has 0 bridgehead atoms. The van der Waals surface area contributed by atoms with E-state index in [0.717, 1.165) is 21.8 Å². The SMILES string of the molecule is O=C1NC(c2ccccc2)(c2ccccc2)C(=O)N1CCOCCSc1ccc(Cl)cc1. The van der Waals surface area contributed by atoms with Crippen LogP contribution in [0.3, 0.4) is 0 Å². The van der Waals surface area contributed by atoms with Crippen molar-refractivity contribution >= 4 is 35.3 Å². The molecule has 0 radical (unpaired) electrons. The Hall–Kier alpha value is -2.80. The number of nitrogens with zero attached hydrogens (tertiary/aromatic N) is 1. The number of hydrogen-bond acceptors (Lipinski definition) is 4. The number of amides is 3. The van der Waals surface area contributed by atoms with Crippen LogP contribution in [0.15, 0.2) is 89.8 Å². The Morgan fingerprint density at radius 1 is 0.844 bits per heavy atom. The first-order valence-corrected chi connectivity index (χ1v) is 11.7. The Morgan fingerprint density at radius 3 is 2.03 bits per heavy atom. The maximum Gasteiger partial charge on any atom is 0.325 e. The fourth-order valence-corrected chi connectivity index (χ4v) is 4.61. The minimum atomic E-state index is -1.23. The molecule has 0 atom stereocenters. The molecule has 1 heterocycles. The fraction of sp³-hybridized carbons (Fsp3) is 0.200. The molecule has 0 saturated carbocycles. The second-order valence-electron chi connectivity index (χ2n) is 7.28. The van der Waals surface area contributed by atoms with E-state index in [0.29, 0.717) is 11.6 Å². The Balaban J connectivity index is 1.38. The van der Waals surface area contributed by atoms with Crippen molar-refractivity contribution in [2.45, 2.75) is 10.4 Å². The van der Waals surface area contributed by atoms with Gasteiger partial charge in [0.15, 0.2) is 5.54 Å². The standard InChI is InChI=1S/C25H23ClN2O3S/c26-21-11-13-22(14-12-21)32-18-17-31-16-15-28-23(29)25(27-24(28)30,19-7-3-1-4-8-19)20-9-5-2-6-10-20/h1-14H,15-18H2,(H,27,30). The van der Waals surface area contributed by atoms with Crippen LogP contribution in [0, 0.1) is 0 Å². The Bertz CT molecular complexity index is 1020. The highest BCUT2D eigenvalue weighted by Gasteiger charge is 2.53. The lowest BCUT2D eigenvalue weighted by Gasteiger charge is -2.28. The lowest BCUT2D eigenvalue weighted by atomic mass is 9.82. The third-order valence-corrected chi connectivity index (χ3v) is 6.52. The number of imide groups is 1. The van der Waals surface area contributed by atoms with Crippen LogP contribution in [-0.4, -0.2) is 42.3 Å². The first-order valence-electron chi connectivity index (χ1n) is 10.3. The van der Waals surface area contributed by atoms with Crippen LogP contribution in [0.25, 0.3) is 0 Å². The molecule has 3 aromatic carbocycles. The predicted octanol–water partition coefficient (Wildman–Crippen LogP) is 4.94. The molecule has 1 aliphatic rings. The van der Waals surface area contributed by atoms with Crippen molar-refractivity contribution in [3.8, 4) is 0 Å². The lowest BCUT2D eigenvalue weighted by molar-refractivity contribution is -0.130. The van der Waals surface area contributed by atoms with Crippen LogP contribution in [0.4, 0.5) is 4.79 Å². The van der Waals surface area contributed by atoms with Crippen LogP contribution < -0.4 is 5.32 Å². The van der Waals surface area contributed by atoms with Gasteiger partial charge in [0.05, 0.1) is 19.8 Å². The van der Waals surface area contributed by atoms with Gasteiger partial charge in [0, 0.05) is 15.7 Å². The van der Waals surface area contributed by atoms with E-state index in [1.54, 1.807) is 11.8 Å². The average molecular weight is 467 g/mol. The summed E-state index contributed by atoms with van der Waals surface area (Å²) in [4.78, 5) is 28.7. The second-order valence-corrected chi connectivity index (χ2v) is 8.89. The third-order valence-electron chi connectivity index (χ3n) is 5.29. The minimum absolute atomic E-state index is 0.192. The van der Waals surface area contributed by atoms with Crippen molar-refractivity contribution in [3.05, 3.63) is 101 Å². The van der Waals surface area contributed by atoms with Gasteiger partial charge in [-0.2, -0.15) is 0 Å². The van der Waals surface area contributed by atoms with E-state index in [9.17, 15) is 9.59 Å². The van der Waals surface area contributed by atoms with Crippen molar-refractivity contribution in [2.24, 2.45) is 0 Å². The zero-order valence-corrected chi connectivity index (χ0v) is 18.9. The monoisotopic (exact) mass is 466 g/mol. The number of hydrogen-bond donors (Lipinski definition) is 1. The van der Waals surface area contributed by atoms with Gasteiger partial charge in [0.1, 0.15) is 0 Å². The number of carbonyl (C=O) groups excluding carboxylic acids is 2. The number of thioether (sulfide) groups is 1. The summed E-state index contributed by atoms with van der Waals surface area (Å²) in [5.74, 6) is 0.471. The number of carbonyl (C=O) groups is 2. The minimum Gasteiger partial charge on any atom is -0.379 e. The summed E-state index contributed by atoms with van der Waals surface area (Å²) in [7, 11) is 0. The molecule has 1 fully saturated rings. The molecule has 32 heavy (non-hydrogen) atoms. The van der Waals surface area contributed by atoms with Gasteiger partial charge in [0.25, 0.3) is 5.91 Å². The summed E-state index contributed by atoms with van der Waals surface area (Å²) in [6.45, 7) is 0.983. The largest absolute Gasteiger partial charge is 0.379 e. The summed E-state index contributed by atoms with van der Waals surface area (Å²) < 4.78 is 5.70. The average Bonchev–Trinajstić information content (AvgIpc) is 3.09. The topological polar surface area (TPSA) is 58.6 Å². The number of ether oxygens (including phenoxy) is 1. The first-order chi connectivity index (χ1) is 15.6. The molecule has 164 valence electrons. The summed E-state index contributed by atoms with van der Waals surface area (Å²) in [6, 6.07) is 25.9.